The van der Waals surface area contributed by atoms with Gasteiger partial charge in [-0.05, 0) is 43.9 Å². The lowest BCUT2D eigenvalue weighted by Crippen LogP contribution is -2.45. The number of hydrogen-bond donors (Lipinski definition) is 2. The molecule has 138 valence electrons. The Balaban J connectivity index is 1.91. The van der Waals surface area contributed by atoms with E-state index in [2.05, 4.69) is 48.5 Å². The van der Waals surface area contributed by atoms with E-state index >= 15 is 0 Å². The van der Waals surface area contributed by atoms with Gasteiger partial charge in [-0.25, -0.2) is 0 Å². The Hall–Kier alpha value is -2.04. The fourth-order valence-corrected chi connectivity index (χ4v) is 3.49. The van der Waals surface area contributed by atoms with Gasteiger partial charge in [0.05, 0.1) is 0 Å². The molecule has 5 nitrogen and oxygen atoms in total. The zero-order valence-corrected chi connectivity index (χ0v) is 16.4. The first kappa shape index (κ1) is 19.3. The number of hydrogen-bond acceptors (Lipinski definition) is 2. The van der Waals surface area contributed by atoms with Gasteiger partial charge in [-0.15, -0.1) is 0 Å². The average molecular weight is 345 g/mol. The van der Waals surface area contributed by atoms with E-state index in [4.69, 9.17) is 0 Å². The van der Waals surface area contributed by atoms with Crippen LogP contribution in [0.25, 0.3) is 0 Å². The lowest BCUT2D eigenvalue weighted by molar-refractivity contribution is -0.133. The molecule has 5 heteroatoms. The topological polar surface area (TPSA) is 56.7 Å². The molecule has 1 heterocycles. The number of nitrogens with zero attached hydrogens (tertiary/aromatic N) is 2. The minimum absolute atomic E-state index is 0.0590. The summed E-state index contributed by atoms with van der Waals surface area (Å²) in [5.74, 6) is 1.09. The highest BCUT2D eigenvalue weighted by Crippen LogP contribution is 2.16. The lowest BCUT2D eigenvalue weighted by Gasteiger charge is -2.21. The monoisotopic (exact) mass is 344 g/mol. The van der Waals surface area contributed by atoms with Crippen LogP contribution in [0, 0.1) is 26.7 Å². The molecule has 1 aliphatic heterocycles. The van der Waals surface area contributed by atoms with Crippen LogP contribution in [0.1, 0.15) is 42.5 Å². The van der Waals surface area contributed by atoms with Crippen LogP contribution in [0.2, 0.25) is 0 Å². The molecular formula is C20H32N4O. The maximum Gasteiger partial charge on any atom is 0.225 e. The lowest BCUT2D eigenvalue weighted by atomic mass is 10.00. The van der Waals surface area contributed by atoms with Crippen LogP contribution in [0.15, 0.2) is 17.1 Å². The highest BCUT2D eigenvalue weighted by molar-refractivity contribution is 5.81. The standard InChI is InChI=1S/C20H32N4O/c1-13(2)19(25)24-8-7-17(12-24)23-20(21-6)22-11-18-15(4)9-14(3)10-16(18)5/h9-10,13,17H,7-8,11-12H2,1-6H3,(H2,21,22,23). The van der Waals surface area contributed by atoms with Crippen LogP contribution < -0.4 is 10.6 Å². The van der Waals surface area contributed by atoms with Crippen molar-refractivity contribution < 1.29 is 4.79 Å². The number of benzene rings is 1. The van der Waals surface area contributed by atoms with Crippen molar-refractivity contribution in [2.24, 2.45) is 10.9 Å². The Labute approximate surface area is 151 Å². The van der Waals surface area contributed by atoms with E-state index in [-0.39, 0.29) is 17.9 Å². The van der Waals surface area contributed by atoms with Crippen molar-refractivity contribution >= 4 is 11.9 Å². The number of carbonyl (C=O) groups excluding carboxylic acids is 1. The minimum Gasteiger partial charge on any atom is -0.352 e. The van der Waals surface area contributed by atoms with Crippen LogP contribution in [0.5, 0.6) is 0 Å². The second-order valence-corrected chi connectivity index (χ2v) is 7.37. The fourth-order valence-electron chi connectivity index (χ4n) is 3.49. The molecule has 1 atom stereocenters. The molecule has 0 saturated carbocycles. The van der Waals surface area contributed by atoms with Gasteiger partial charge in [-0.2, -0.15) is 0 Å². The van der Waals surface area contributed by atoms with Crippen molar-refractivity contribution in [3.05, 3.63) is 34.4 Å². The van der Waals surface area contributed by atoms with Crippen LogP contribution in [-0.2, 0) is 11.3 Å². The predicted octanol–water partition coefficient (Wildman–Crippen LogP) is 2.53. The molecule has 1 amide bonds. The summed E-state index contributed by atoms with van der Waals surface area (Å²) in [5.41, 5.74) is 5.21. The molecule has 0 aliphatic carbocycles. The molecule has 1 saturated heterocycles. The first-order chi connectivity index (χ1) is 11.8. The Morgan fingerprint density at radius 2 is 1.92 bits per heavy atom. The summed E-state index contributed by atoms with van der Waals surface area (Å²) in [6.45, 7) is 12.7. The number of carbonyl (C=O) groups is 1. The molecule has 2 N–H and O–H groups in total. The van der Waals surface area contributed by atoms with Crippen LogP contribution in [0.4, 0.5) is 0 Å². The van der Waals surface area contributed by atoms with E-state index in [9.17, 15) is 4.79 Å². The van der Waals surface area contributed by atoms with Gasteiger partial charge in [0.25, 0.3) is 0 Å². The fraction of sp³-hybridized carbons (Fsp3) is 0.600. The normalized spacial score (nSPS) is 18.0. The average Bonchev–Trinajstić information content (AvgIpc) is 3.00. The molecule has 1 fully saturated rings. The van der Waals surface area contributed by atoms with E-state index in [1.54, 1.807) is 7.05 Å². The summed E-state index contributed by atoms with van der Waals surface area (Å²) in [6.07, 6.45) is 0.960. The molecule has 0 radical (unpaired) electrons. The minimum atomic E-state index is 0.0590. The van der Waals surface area contributed by atoms with E-state index in [0.29, 0.717) is 0 Å². The second-order valence-electron chi connectivity index (χ2n) is 7.37. The van der Waals surface area contributed by atoms with E-state index < -0.39 is 0 Å². The van der Waals surface area contributed by atoms with E-state index in [0.717, 1.165) is 32.0 Å². The summed E-state index contributed by atoms with van der Waals surface area (Å²) < 4.78 is 0. The van der Waals surface area contributed by atoms with Crippen molar-refractivity contribution in [1.82, 2.24) is 15.5 Å². The Morgan fingerprint density at radius 3 is 2.48 bits per heavy atom. The zero-order chi connectivity index (χ0) is 18.6. The molecular weight excluding hydrogens is 312 g/mol. The SMILES string of the molecule is CN=C(NCc1c(C)cc(C)cc1C)NC1CCN(C(=O)C(C)C)C1. The molecule has 1 aromatic carbocycles. The second kappa shape index (κ2) is 8.37. The molecule has 0 bridgehead atoms. The third kappa shape index (κ3) is 4.97. The highest BCUT2D eigenvalue weighted by Gasteiger charge is 2.27. The third-order valence-corrected chi connectivity index (χ3v) is 4.83. The third-order valence-electron chi connectivity index (χ3n) is 4.83. The van der Waals surface area contributed by atoms with E-state index in [1.165, 1.54) is 22.3 Å². The van der Waals surface area contributed by atoms with Crippen LogP contribution in [0.3, 0.4) is 0 Å². The molecule has 1 aliphatic rings. The summed E-state index contributed by atoms with van der Waals surface area (Å²) in [5, 5.41) is 6.87. The zero-order valence-electron chi connectivity index (χ0n) is 16.4. The number of rotatable bonds is 4. The Bertz CT molecular complexity index is 628. The van der Waals surface area contributed by atoms with Crippen LogP contribution >= 0.6 is 0 Å². The van der Waals surface area contributed by atoms with Crippen molar-refractivity contribution in [1.29, 1.82) is 0 Å². The smallest absolute Gasteiger partial charge is 0.225 e. The van der Waals surface area contributed by atoms with Crippen molar-refractivity contribution in [3.63, 3.8) is 0 Å². The van der Waals surface area contributed by atoms with Gasteiger partial charge in [0, 0.05) is 38.6 Å². The molecule has 1 unspecified atom stereocenters. The predicted molar refractivity (Wildman–Crippen MR) is 104 cm³/mol. The summed E-state index contributed by atoms with van der Waals surface area (Å²) in [7, 11) is 1.79. The van der Waals surface area contributed by atoms with Gasteiger partial charge < -0.3 is 15.5 Å². The van der Waals surface area contributed by atoms with Gasteiger partial charge >= 0.3 is 0 Å². The maximum atomic E-state index is 12.1. The quantitative estimate of drug-likeness (QED) is 0.652. The molecule has 2 rings (SSSR count). The van der Waals surface area contributed by atoms with Gasteiger partial charge in [0.1, 0.15) is 0 Å². The number of aliphatic imine (C=N–C) groups is 1. The summed E-state index contributed by atoms with van der Waals surface area (Å²) in [6, 6.07) is 4.69. The molecule has 1 aromatic rings. The summed E-state index contributed by atoms with van der Waals surface area (Å²) >= 11 is 0. The van der Waals surface area contributed by atoms with Crippen LogP contribution in [-0.4, -0.2) is 42.9 Å². The van der Waals surface area contributed by atoms with Gasteiger partial charge in [-0.3, -0.25) is 9.79 Å². The number of likely N-dealkylation sites (tertiary alicyclic amines) is 1. The van der Waals surface area contributed by atoms with Crippen molar-refractivity contribution in [2.45, 2.75) is 53.6 Å². The molecule has 25 heavy (non-hydrogen) atoms. The van der Waals surface area contributed by atoms with Gasteiger partial charge in [0.2, 0.25) is 5.91 Å². The maximum absolute atomic E-state index is 12.1. The van der Waals surface area contributed by atoms with Crippen molar-refractivity contribution in [2.75, 3.05) is 20.1 Å². The number of nitrogens with one attached hydrogen (secondary N) is 2. The van der Waals surface area contributed by atoms with Crippen molar-refractivity contribution in [3.8, 4) is 0 Å². The first-order valence-corrected chi connectivity index (χ1v) is 9.14. The summed E-state index contributed by atoms with van der Waals surface area (Å²) in [4.78, 5) is 18.4. The number of amides is 1. The van der Waals surface area contributed by atoms with Gasteiger partial charge in [-0.1, -0.05) is 31.5 Å². The molecule has 0 aromatic heterocycles. The Kier molecular flexibility index (Phi) is 6.45. The van der Waals surface area contributed by atoms with Gasteiger partial charge in [0.15, 0.2) is 5.96 Å². The largest absolute Gasteiger partial charge is 0.352 e. The first-order valence-electron chi connectivity index (χ1n) is 9.14. The van der Waals surface area contributed by atoms with E-state index in [1.807, 2.05) is 18.7 Å². The number of aryl methyl sites for hydroxylation is 3. The molecule has 0 spiro atoms. The Morgan fingerprint density at radius 1 is 1.28 bits per heavy atom. The number of guanidine groups is 1. The highest BCUT2D eigenvalue weighted by atomic mass is 16.2.